The molecule has 1 aliphatic carbocycles. The van der Waals surface area contributed by atoms with E-state index in [-0.39, 0.29) is 37.7 Å². The fourth-order valence-electron chi connectivity index (χ4n) is 4.27. The minimum Gasteiger partial charge on any atom is -0.465 e. The third-order valence-electron chi connectivity index (χ3n) is 6.42. The Hall–Kier alpha value is -2.08. The van der Waals surface area contributed by atoms with Crippen LogP contribution in [0.25, 0.3) is 0 Å². The van der Waals surface area contributed by atoms with Crippen LogP contribution in [0.2, 0.25) is 0 Å². The fraction of sp³-hybridized carbons (Fsp3) is 0.714. The van der Waals surface area contributed by atoms with E-state index in [0.717, 1.165) is 6.92 Å². The standard InChI is InChI=1S/C21H26F6N2O4/c1-14(21(25,26)27)33-16-3-2-15(12-28-16)29-10-8-18(17(29)30)4-6-19(31,7-5-18)9-11-32-13-20(22,23)24/h2-3,12,14,31H,4-11,13H2,1H3/t14-,18?,19?/m0/s1. The van der Waals surface area contributed by atoms with E-state index in [9.17, 15) is 36.2 Å². The topological polar surface area (TPSA) is 71.9 Å². The molecule has 0 radical (unpaired) electrons. The molecule has 0 unspecified atom stereocenters. The summed E-state index contributed by atoms with van der Waals surface area (Å²) in [6.07, 6.45) is -7.79. The second kappa shape index (κ2) is 9.28. The van der Waals surface area contributed by atoms with Gasteiger partial charge in [-0.2, -0.15) is 26.3 Å². The molecule has 2 aliphatic rings. The van der Waals surface area contributed by atoms with Gasteiger partial charge < -0.3 is 19.5 Å². The molecule has 1 aromatic heterocycles. The van der Waals surface area contributed by atoms with E-state index < -0.39 is 36.1 Å². The van der Waals surface area contributed by atoms with Crippen molar-refractivity contribution in [3.63, 3.8) is 0 Å². The van der Waals surface area contributed by atoms with Crippen LogP contribution in [0.3, 0.4) is 0 Å². The van der Waals surface area contributed by atoms with Gasteiger partial charge in [0.1, 0.15) is 6.61 Å². The van der Waals surface area contributed by atoms with Gasteiger partial charge in [-0.05, 0) is 51.5 Å². The first-order chi connectivity index (χ1) is 15.2. The molecule has 0 bridgehead atoms. The number of nitrogens with zero attached hydrogens (tertiary/aromatic N) is 2. The lowest BCUT2D eigenvalue weighted by Crippen LogP contribution is -2.44. The third-order valence-corrected chi connectivity index (χ3v) is 6.42. The molecule has 6 nitrogen and oxygen atoms in total. The lowest BCUT2D eigenvalue weighted by molar-refractivity contribution is -0.190. The lowest BCUT2D eigenvalue weighted by atomic mass is 9.67. The van der Waals surface area contributed by atoms with Crippen molar-refractivity contribution in [3.05, 3.63) is 18.3 Å². The number of aromatic nitrogens is 1. The van der Waals surface area contributed by atoms with Crippen molar-refractivity contribution in [2.75, 3.05) is 24.7 Å². The molecule has 1 saturated heterocycles. The van der Waals surface area contributed by atoms with Gasteiger partial charge in [0.05, 0.1) is 22.9 Å². The predicted octanol–water partition coefficient (Wildman–Crippen LogP) is 4.41. The Morgan fingerprint density at radius 2 is 1.79 bits per heavy atom. The second-order valence-electron chi connectivity index (χ2n) is 8.79. The summed E-state index contributed by atoms with van der Waals surface area (Å²) in [7, 11) is 0. The highest BCUT2D eigenvalue weighted by Crippen LogP contribution is 2.49. The zero-order chi connectivity index (χ0) is 24.5. The molecular weight excluding hydrogens is 458 g/mol. The molecule has 33 heavy (non-hydrogen) atoms. The molecule has 1 N–H and O–H groups in total. The van der Waals surface area contributed by atoms with Crippen molar-refractivity contribution in [2.45, 2.75) is 69.5 Å². The van der Waals surface area contributed by atoms with Crippen LogP contribution in [0.5, 0.6) is 5.88 Å². The second-order valence-corrected chi connectivity index (χ2v) is 8.79. The number of ether oxygens (including phenoxy) is 2. The van der Waals surface area contributed by atoms with Crippen LogP contribution in [0, 0.1) is 5.41 Å². The monoisotopic (exact) mass is 484 g/mol. The van der Waals surface area contributed by atoms with Gasteiger partial charge >= 0.3 is 12.4 Å². The lowest BCUT2D eigenvalue weighted by Gasteiger charge is -2.41. The van der Waals surface area contributed by atoms with Gasteiger partial charge in [-0.1, -0.05) is 0 Å². The Labute approximate surface area is 186 Å². The van der Waals surface area contributed by atoms with Gasteiger partial charge in [0.15, 0.2) is 6.10 Å². The zero-order valence-electron chi connectivity index (χ0n) is 18.0. The van der Waals surface area contributed by atoms with Gasteiger partial charge in [0, 0.05) is 19.2 Å². The summed E-state index contributed by atoms with van der Waals surface area (Å²) in [6.45, 7) is -0.327. The largest absolute Gasteiger partial charge is 0.465 e. The Morgan fingerprint density at radius 1 is 1.12 bits per heavy atom. The van der Waals surface area contributed by atoms with Gasteiger partial charge in [0.25, 0.3) is 0 Å². The summed E-state index contributed by atoms with van der Waals surface area (Å²) in [5.41, 5.74) is -1.43. The summed E-state index contributed by atoms with van der Waals surface area (Å²) >= 11 is 0. The summed E-state index contributed by atoms with van der Waals surface area (Å²) in [5, 5.41) is 10.7. The third kappa shape index (κ3) is 6.28. The molecule has 1 saturated carbocycles. The first-order valence-electron chi connectivity index (χ1n) is 10.6. The van der Waals surface area contributed by atoms with Crippen LogP contribution in [0.1, 0.15) is 45.4 Å². The average molecular weight is 484 g/mol. The maximum atomic E-state index is 13.1. The summed E-state index contributed by atoms with van der Waals surface area (Å²) in [6, 6.07) is 2.75. The molecule has 2 heterocycles. The highest BCUT2D eigenvalue weighted by Gasteiger charge is 2.51. The molecule has 186 valence electrons. The van der Waals surface area contributed by atoms with E-state index in [4.69, 9.17) is 4.74 Å². The number of carbonyl (C=O) groups excluding carboxylic acids is 1. The van der Waals surface area contributed by atoms with Crippen molar-refractivity contribution >= 4 is 11.6 Å². The number of hydrogen-bond donors (Lipinski definition) is 1. The Morgan fingerprint density at radius 3 is 2.33 bits per heavy atom. The number of aliphatic hydroxyl groups is 1. The van der Waals surface area contributed by atoms with Crippen molar-refractivity contribution in [1.29, 1.82) is 0 Å². The van der Waals surface area contributed by atoms with Crippen LogP contribution in [-0.4, -0.2) is 59.8 Å². The number of carbonyl (C=O) groups is 1. The van der Waals surface area contributed by atoms with Gasteiger partial charge in [-0.25, -0.2) is 4.98 Å². The first-order valence-corrected chi connectivity index (χ1v) is 10.6. The zero-order valence-corrected chi connectivity index (χ0v) is 18.0. The Balaban J connectivity index is 1.55. The van der Waals surface area contributed by atoms with E-state index in [2.05, 4.69) is 9.72 Å². The summed E-state index contributed by atoms with van der Waals surface area (Å²) < 4.78 is 83.8. The highest BCUT2D eigenvalue weighted by molar-refractivity contribution is 5.99. The van der Waals surface area contributed by atoms with E-state index in [0.29, 0.717) is 31.5 Å². The van der Waals surface area contributed by atoms with E-state index in [1.54, 1.807) is 0 Å². The van der Waals surface area contributed by atoms with E-state index in [1.807, 2.05) is 0 Å². The number of rotatable bonds is 7. The first kappa shape index (κ1) is 25.5. The molecule has 1 aromatic rings. The smallest absolute Gasteiger partial charge is 0.425 e. The summed E-state index contributed by atoms with van der Waals surface area (Å²) in [5.74, 6) is -0.364. The molecule has 0 aromatic carbocycles. The molecule has 1 spiro atoms. The molecule has 1 atom stereocenters. The average Bonchev–Trinajstić information content (AvgIpc) is 3.04. The number of amides is 1. The van der Waals surface area contributed by atoms with Crippen LogP contribution in [-0.2, 0) is 9.53 Å². The van der Waals surface area contributed by atoms with Crippen molar-refractivity contribution < 1.29 is 45.7 Å². The minimum absolute atomic E-state index is 0.0544. The maximum Gasteiger partial charge on any atom is 0.425 e. The molecular formula is C21H26F6N2O4. The predicted molar refractivity (Wildman–Crippen MR) is 105 cm³/mol. The number of anilines is 1. The summed E-state index contributed by atoms with van der Waals surface area (Å²) in [4.78, 5) is 18.5. The molecule has 12 heteroatoms. The number of pyridine rings is 1. The van der Waals surface area contributed by atoms with Crippen LogP contribution >= 0.6 is 0 Å². The SMILES string of the molecule is C[C@H](Oc1ccc(N2CCC3(CCC(O)(CCOCC(F)(F)F)CC3)C2=O)cn1)C(F)(F)F. The molecule has 2 fully saturated rings. The fourth-order valence-corrected chi connectivity index (χ4v) is 4.27. The molecule has 1 aliphatic heterocycles. The molecule has 3 rings (SSSR count). The Kier molecular flexibility index (Phi) is 7.18. The van der Waals surface area contributed by atoms with Crippen LogP contribution in [0.4, 0.5) is 32.0 Å². The van der Waals surface area contributed by atoms with Gasteiger partial charge in [-0.15, -0.1) is 0 Å². The quantitative estimate of drug-likeness (QED) is 0.459. The van der Waals surface area contributed by atoms with Gasteiger partial charge in [0.2, 0.25) is 11.8 Å². The molecule has 1 amide bonds. The Bertz CT molecular complexity index is 820. The number of alkyl halides is 6. The van der Waals surface area contributed by atoms with E-state index >= 15 is 0 Å². The number of hydrogen-bond acceptors (Lipinski definition) is 5. The normalized spacial score (nSPS) is 27.3. The van der Waals surface area contributed by atoms with Gasteiger partial charge in [-0.3, -0.25) is 4.79 Å². The van der Waals surface area contributed by atoms with Crippen LogP contribution < -0.4 is 9.64 Å². The number of halogens is 6. The van der Waals surface area contributed by atoms with Crippen molar-refractivity contribution in [2.24, 2.45) is 5.41 Å². The van der Waals surface area contributed by atoms with Crippen LogP contribution in [0.15, 0.2) is 18.3 Å². The minimum atomic E-state index is -4.52. The highest BCUT2D eigenvalue weighted by atomic mass is 19.4. The van der Waals surface area contributed by atoms with Crippen molar-refractivity contribution in [1.82, 2.24) is 4.98 Å². The van der Waals surface area contributed by atoms with Crippen molar-refractivity contribution in [3.8, 4) is 5.88 Å². The van der Waals surface area contributed by atoms with E-state index in [1.165, 1.54) is 23.2 Å². The maximum absolute atomic E-state index is 13.1.